The summed E-state index contributed by atoms with van der Waals surface area (Å²) in [6, 6.07) is 19.3. The molecule has 8 nitrogen and oxygen atoms in total. The summed E-state index contributed by atoms with van der Waals surface area (Å²) in [6.07, 6.45) is 4.97. The first-order valence-corrected chi connectivity index (χ1v) is 13.7. The number of amides is 1. The van der Waals surface area contributed by atoms with Crippen molar-refractivity contribution in [2.75, 3.05) is 5.73 Å². The molecule has 2 N–H and O–H groups in total. The van der Waals surface area contributed by atoms with E-state index in [0.717, 1.165) is 31.7 Å². The maximum atomic E-state index is 13.2. The number of fused-ring (bicyclic) bond motifs is 3. The molecule has 0 unspecified atom stereocenters. The number of hydrogen-bond donors (Lipinski definition) is 1. The lowest BCUT2D eigenvalue weighted by Gasteiger charge is -2.30. The van der Waals surface area contributed by atoms with Crippen LogP contribution in [0.2, 0.25) is 0 Å². The molecule has 3 aromatic heterocycles. The lowest BCUT2D eigenvalue weighted by atomic mass is 10.0. The molecule has 3 heterocycles. The number of carbonyl (C=O) groups excluding carboxylic acids is 1. The maximum absolute atomic E-state index is 13.2. The molecule has 9 heteroatoms. The molecule has 40 heavy (non-hydrogen) atoms. The van der Waals surface area contributed by atoms with Crippen LogP contribution in [0, 0.1) is 0 Å². The van der Waals surface area contributed by atoms with Gasteiger partial charge in [0, 0.05) is 33.2 Å². The van der Waals surface area contributed by atoms with Gasteiger partial charge in [0.2, 0.25) is 0 Å². The van der Waals surface area contributed by atoms with Crippen LogP contribution < -0.4 is 10.6 Å². The second-order valence-electron chi connectivity index (χ2n) is 10.6. The molecule has 204 valence electrons. The van der Waals surface area contributed by atoms with Crippen molar-refractivity contribution in [2.45, 2.75) is 45.8 Å². The van der Waals surface area contributed by atoms with Crippen LogP contribution in [-0.4, -0.2) is 37.8 Å². The molecule has 5 aromatic rings. The normalized spacial score (nSPS) is 12.3. The first kappa shape index (κ1) is 27.3. The summed E-state index contributed by atoms with van der Waals surface area (Å²) < 4.78 is 6.61. The molecule has 0 aliphatic carbocycles. The van der Waals surface area contributed by atoms with Gasteiger partial charge in [0.25, 0.3) is 0 Å². The van der Waals surface area contributed by atoms with Gasteiger partial charge in [-0.1, -0.05) is 52.3 Å². The van der Waals surface area contributed by atoms with Crippen LogP contribution >= 0.6 is 15.9 Å². The second-order valence-corrected chi connectivity index (χ2v) is 11.5. The molecular weight excluding hydrogens is 570 g/mol. The predicted molar refractivity (Wildman–Crippen MR) is 161 cm³/mol. The van der Waals surface area contributed by atoms with Crippen molar-refractivity contribution >= 4 is 49.5 Å². The van der Waals surface area contributed by atoms with E-state index in [4.69, 9.17) is 15.3 Å². The number of carbonyl (C=O) groups is 1. The number of anilines is 1. The van der Waals surface area contributed by atoms with E-state index in [1.165, 1.54) is 5.06 Å². The molecule has 0 aliphatic heterocycles. The number of rotatable bonds is 6. The molecule has 5 rings (SSSR count). The smallest absolute Gasteiger partial charge is 0.442 e. The molecule has 0 saturated carbocycles. The lowest BCUT2D eigenvalue weighted by molar-refractivity contribution is -0.0933. The van der Waals surface area contributed by atoms with Crippen molar-refractivity contribution in [2.24, 2.45) is 0 Å². The number of pyridine rings is 3. The topological polar surface area (TPSA) is 103 Å². The Bertz CT molecular complexity index is 1690. The Morgan fingerprint density at radius 3 is 2.52 bits per heavy atom. The molecule has 1 atom stereocenters. The summed E-state index contributed by atoms with van der Waals surface area (Å²) in [5.74, 6) is 0.732. The van der Waals surface area contributed by atoms with Gasteiger partial charge in [0.15, 0.2) is 5.75 Å². The number of halogens is 1. The highest BCUT2D eigenvalue weighted by Gasteiger charge is 2.29. The summed E-state index contributed by atoms with van der Waals surface area (Å²) in [6.45, 7) is 7.37. The first-order valence-electron chi connectivity index (χ1n) is 12.9. The van der Waals surface area contributed by atoms with Gasteiger partial charge < -0.3 is 15.3 Å². The van der Waals surface area contributed by atoms with Crippen LogP contribution in [-0.2, 0) is 11.2 Å². The summed E-state index contributed by atoms with van der Waals surface area (Å²) >= 11 is 3.51. The van der Waals surface area contributed by atoms with Crippen LogP contribution in [0.1, 0.15) is 33.3 Å². The Kier molecular flexibility index (Phi) is 7.58. The highest BCUT2D eigenvalue weighted by Crippen LogP contribution is 2.32. The minimum Gasteiger partial charge on any atom is -0.442 e. The molecule has 0 fully saturated rings. The van der Waals surface area contributed by atoms with Crippen LogP contribution in [0.5, 0.6) is 5.75 Å². The Morgan fingerprint density at radius 1 is 1.00 bits per heavy atom. The van der Waals surface area contributed by atoms with Crippen molar-refractivity contribution in [1.29, 1.82) is 0 Å². The van der Waals surface area contributed by atoms with E-state index in [0.29, 0.717) is 29.2 Å². The number of aromatic nitrogens is 3. The fourth-order valence-electron chi connectivity index (χ4n) is 4.43. The van der Waals surface area contributed by atoms with Crippen LogP contribution in [0.25, 0.3) is 32.9 Å². The minimum absolute atomic E-state index is 0.325. The van der Waals surface area contributed by atoms with Crippen LogP contribution in [0.4, 0.5) is 10.6 Å². The average Bonchev–Trinajstić information content (AvgIpc) is 2.91. The van der Waals surface area contributed by atoms with Crippen molar-refractivity contribution in [3.05, 3.63) is 89.3 Å². The molecule has 1 amide bonds. The number of ether oxygens (including phenoxy) is 1. The third kappa shape index (κ3) is 6.15. The number of nitrogens with two attached hydrogens (primary N) is 1. The van der Waals surface area contributed by atoms with Gasteiger partial charge in [-0.2, -0.15) is 0 Å². The molecule has 0 radical (unpaired) electrons. The quantitative estimate of drug-likeness (QED) is 0.161. The molecule has 0 aliphatic rings. The molecule has 0 saturated heterocycles. The number of hydrogen-bond acceptors (Lipinski definition) is 7. The number of hydroxylamine groups is 2. The van der Waals surface area contributed by atoms with E-state index >= 15 is 0 Å². The summed E-state index contributed by atoms with van der Waals surface area (Å²) in [4.78, 5) is 32.9. The predicted octanol–water partition coefficient (Wildman–Crippen LogP) is 7.35. The van der Waals surface area contributed by atoms with Crippen molar-refractivity contribution in [3.8, 4) is 17.0 Å². The molecule has 0 bridgehead atoms. The molecule has 0 spiro atoms. The van der Waals surface area contributed by atoms with Gasteiger partial charge in [0.05, 0.1) is 23.4 Å². The van der Waals surface area contributed by atoms with E-state index in [9.17, 15) is 4.79 Å². The van der Waals surface area contributed by atoms with Gasteiger partial charge in [0.1, 0.15) is 11.4 Å². The van der Waals surface area contributed by atoms with Crippen LogP contribution in [0.3, 0.4) is 0 Å². The van der Waals surface area contributed by atoms with Gasteiger partial charge >= 0.3 is 6.09 Å². The number of benzene rings is 2. The Balaban J connectivity index is 1.49. The Labute approximate surface area is 241 Å². The fourth-order valence-corrected chi connectivity index (χ4v) is 4.78. The third-order valence-electron chi connectivity index (χ3n) is 6.23. The van der Waals surface area contributed by atoms with E-state index in [2.05, 4.69) is 30.9 Å². The standard InChI is InChI=1S/C31H30BrN5O3/c1-19(12-20-8-6-5-7-9-20)37(30(38)39-31(2,3)4)40-23-13-21(16-34-17-23)27-15-25-24-11-10-22(32)14-28(24)35-18-26(25)29(33)36-27/h5-11,13-19H,12H2,1-4H3,(H2,33,36)/t19-/m0/s1. The summed E-state index contributed by atoms with van der Waals surface area (Å²) in [5.41, 5.74) is 8.90. The molecular formula is C31H30BrN5O3. The van der Waals surface area contributed by atoms with Crippen molar-refractivity contribution in [3.63, 3.8) is 0 Å². The van der Waals surface area contributed by atoms with E-state index in [-0.39, 0.29) is 6.04 Å². The van der Waals surface area contributed by atoms with Crippen molar-refractivity contribution < 1.29 is 14.4 Å². The summed E-state index contributed by atoms with van der Waals surface area (Å²) in [7, 11) is 0. The average molecular weight is 601 g/mol. The minimum atomic E-state index is -0.689. The van der Waals surface area contributed by atoms with Gasteiger partial charge in [-0.15, -0.1) is 5.06 Å². The number of nitrogen functional groups attached to an aromatic ring is 1. The van der Waals surface area contributed by atoms with Gasteiger partial charge in [-0.05, 0) is 69.3 Å². The number of nitrogens with zero attached hydrogens (tertiary/aromatic N) is 4. The second kappa shape index (κ2) is 11.1. The monoisotopic (exact) mass is 599 g/mol. The zero-order valence-electron chi connectivity index (χ0n) is 22.8. The van der Waals surface area contributed by atoms with Crippen LogP contribution in [0.15, 0.2) is 83.7 Å². The third-order valence-corrected chi connectivity index (χ3v) is 6.72. The van der Waals surface area contributed by atoms with E-state index < -0.39 is 11.7 Å². The zero-order valence-corrected chi connectivity index (χ0v) is 24.3. The maximum Gasteiger partial charge on any atom is 0.443 e. The zero-order chi connectivity index (χ0) is 28.4. The fraction of sp³-hybridized carbons (Fsp3) is 0.226. The SMILES string of the molecule is C[C@@H](Cc1ccccc1)N(Oc1cncc(-c2cc3c(cnc4cc(Br)ccc43)c(N)n2)c1)C(=O)OC(C)(C)C. The summed E-state index contributed by atoms with van der Waals surface area (Å²) in [5, 5.41) is 3.92. The lowest BCUT2D eigenvalue weighted by Crippen LogP contribution is -2.45. The Morgan fingerprint density at radius 2 is 1.77 bits per heavy atom. The van der Waals surface area contributed by atoms with E-state index in [1.54, 1.807) is 24.7 Å². The van der Waals surface area contributed by atoms with E-state index in [1.807, 2.05) is 82.3 Å². The highest BCUT2D eigenvalue weighted by atomic mass is 79.9. The molecule has 2 aromatic carbocycles. The van der Waals surface area contributed by atoms with Gasteiger partial charge in [-0.3, -0.25) is 9.97 Å². The van der Waals surface area contributed by atoms with Gasteiger partial charge in [-0.25, -0.2) is 9.78 Å². The largest absolute Gasteiger partial charge is 0.443 e. The Hall–Kier alpha value is -4.24. The highest BCUT2D eigenvalue weighted by molar-refractivity contribution is 9.10. The first-order chi connectivity index (χ1) is 19.1. The van der Waals surface area contributed by atoms with Crippen molar-refractivity contribution in [1.82, 2.24) is 20.0 Å².